The van der Waals surface area contributed by atoms with Crippen LogP contribution >= 0.6 is 11.6 Å². The summed E-state index contributed by atoms with van der Waals surface area (Å²) < 4.78 is 16.5. The van der Waals surface area contributed by atoms with Crippen LogP contribution in [0.15, 0.2) is 24.3 Å². The SMILES string of the molecule is CCCCO[C@H](CNC(=O)[C@@H]1CCCN1C(=O)[C@H](C)NC(=O)c1ccccc1Cl)OCOCC. The molecular formula is C24H36ClN3O6. The van der Waals surface area contributed by atoms with Crippen LogP contribution < -0.4 is 10.6 Å². The van der Waals surface area contributed by atoms with Crippen molar-refractivity contribution in [2.45, 2.75) is 64.8 Å². The van der Waals surface area contributed by atoms with Gasteiger partial charge in [-0.05, 0) is 45.2 Å². The van der Waals surface area contributed by atoms with Gasteiger partial charge >= 0.3 is 0 Å². The largest absolute Gasteiger partial charge is 0.356 e. The minimum absolute atomic E-state index is 0.0693. The molecule has 1 saturated heterocycles. The number of halogens is 1. The molecule has 0 aromatic heterocycles. The molecule has 0 spiro atoms. The maximum Gasteiger partial charge on any atom is 0.253 e. The first-order valence-corrected chi connectivity index (χ1v) is 12.2. The Morgan fingerprint density at radius 2 is 1.97 bits per heavy atom. The molecule has 190 valence electrons. The molecule has 2 rings (SSSR count). The van der Waals surface area contributed by atoms with Gasteiger partial charge in [-0.25, -0.2) is 0 Å². The third kappa shape index (κ3) is 8.54. The van der Waals surface area contributed by atoms with E-state index in [0.29, 0.717) is 43.2 Å². The molecule has 1 heterocycles. The first-order chi connectivity index (χ1) is 16.4. The van der Waals surface area contributed by atoms with Gasteiger partial charge in [-0.1, -0.05) is 37.1 Å². The van der Waals surface area contributed by atoms with E-state index >= 15 is 0 Å². The molecule has 0 saturated carbocycles. The predicted molar refractivity (Wildman–Crippen MR) is 128 cm³/mol. The Bertz CT molecular complexity index is 799. The van der Waals surface area contributed by atoms with Crippen LogP contribution in [-0.2, 0) is 23.8 Å². The van der Waals surface area contributed by atoms with E-state index < -0.39 is 24.3 Å². The van der Waals surface area contributed by atoms with Crippen LogP contribution in [-0.4, -0.2) is 74.1 Å². The van der Waals surface area contributed by atoms with Crippen molar-refractivity contribution in [3.05, 3.63) is 34.9 Å². The summed E-state index contributed by atoms with van der Waals surface area (Å²) in [5.41, 5.74) is 0.292. The number of ether oxygens (including phenoxy) is 3. The normalized spacial score (nSPS) is 17.3. The lowest BCUT2D eigenvalue weighted by molar-refractivity contribution is -0.192. The van der Waals surface area contributed by atoms with Crippen LogP contribution in [0.3, 0.4) is 0 Å². The van der Waals surface area contributed by atoms with Gasteiger partial charge in [0.15, 0.2) is 6.29 Å². The van der Waals surface area contributed by atoms with E-state index in [1.807, 2.05) is 6.92 Å². The fraction of sp³-hybridized carbons (Fsp3) is 0.625. The van der Waals surface area contributed by atoms with Gasteiger partial charge < -0.3 is 29.7 Å². The number of hydrogen-bond donors (Lipinski definition) is 2. The zero-order chi connectivity index (χ0) is 24.9. The highest BCUT2D eigenvalue weighted by Crippen LogP contribution is 2.19. The van der Waals surface area contributed by atoms with Crippen LogP contribution in [0.25, 0.3) is 0 Å². The smallest absolute Gasteiger partial charge is 0.253 e. The molecule has 0 radical (unpaired) electrons. The quantitative estimate of drug-likeness (QED) is 0.302. The van der Waals surface area contributed by atoms with Crippen molar-refractivity contribution < 1.29 is 28.6 Å². The lowest BCUT2D eigenvalue weighted by Gasteiger charge is -2.28. The van der Waals surface area contributed by atoms with Crippen LogP contribution in [0.1, 0.15) is 56.8 Å². The van der Waals surface area contributed by atoms with Crippen molar-refractivity contribution in [2.24, 2.45) is 0 Å². The molecule has 10 heteroatoms. The Kier molecular flexibility index (Phi) is 12.3. The molecule has 1 aliphatic rings. The van der Waals surface area contributed by atoms with E-state index in [0.717, 1.165) is 12.8 Å². The average molecular weight is 498 g/mol. The molecular weight excluding hydrogens is 462 g/mol. The van der Waals surface area contributed by atoms with Crippen LogP contribution in [0.5, 0.6) is 0 Å². The fourth-order valence-electron chi connectivity index (χ4n) is 3.57. The van der Waals surface area contributed by atoms with Crippen molar-refractivity contribution in [1.82, 2.24) is 15.5 Å². The van der Waals surface area contributed by atoms with Crippen molar-refractivity contribution in [1.29, 1.82) is 0 Å². The third-order valence-corrected chi connectivity index (χ3v) is 5.79. The van der Waals surface area contributed by atoms with E-state index in [-0.39, 0.29) is 25.2 Å². The molecule has 1 aromatic carbocycles. The molecule has 1 aliphatic heterocycles. The summed E-state index contributed by atoms with van der Waals surface area (Å²) in [5.74, 6) is -1.04. The number of benzene rings is 1. The van der Waals surface area contributed by atoms with Crippen molar-refractivity contribution in [3.8, 4) is 0 Å². The molecule has 0 unspecified atom stereocenters. The van der Waals surface area contributed by atoms with Gasteiger partial charge in [0, 0.05) is 19.8 Å². The number of amides is 3. The van der Waals surface area contributed by atoms with Gasteiger partial charge in [0.05, 0.1) is 17.1 Å². The molecule has 3 atom stereocenters. The monoisotopic (exact) mass is 497 g/mol. The summed E-state index contributed by atoms with van der Waals surface area (Å²) >= 11 is 6.08. The first-order valence-electron chi connectivity index (χ1n) is 11.8. The molecule has 0 aliphatic carbocycles. The standard InChI is InChI=1S/C24H36ClN3O6/c1-4-6-14-33-21(34-16-32-5-2)15-26-23(30)20-12-9-13-28(20)24(31)17(3)27-22(29)18-10-7-8-11-19(18)25/h7-8,10-11,17,20-21H,4-6,9,12-16H2,1-3H3,(H,26,30)(H,27,29)/t17-,20-,21-/m0/s1. The third-order valence-electron chi connectivity index (χ3n) is 5.46. The molecule has 1 fully saturated rings. The van der Waals surface area contributed by atoms with Gasteiger partial charge in [0.25, 0.3) is 5.91 Å². The highest BCUT2D eigenvalue weighted by Gasteiger charge is 2.36. The van der Waals surface area contributed by atoms with E-state index in [2.05, 4.69) is 17.6 Å². The highest BCUT2D eigenvalue weighted by atomic mass is 35.5. The lowest BCUT2D eigenvalue weighted by atomic mass is 10.1. The van der Waals surface area contributed by atoms with Gasteiger partial charge in [0.2, 0.25) is 11.8 Å². The number of nitrogens with one attached hydrogen (secondary N) is 2. The molecule has 2 N–H and O–H groups in total. The number of unbranched alkanes of at least 4 members (excludes halogenated alkanes) is 1. The van der Waals surface area contributed by atoms with Gasteiger partial charge in [-0.15, -0.1) is 0 Å². The van der Waals surface area contributed by atoms with E-state index in [1.165, 1.54) is 4.90 Å². The molecule has 0 bridgehead atoms. The molecule has 9 nitrogen and oxygen atoms in total. The summed E-state index contributed by atoms with van der Waals surface area (Å²) in [6.45, 7) is 7.21. The van der Waals surface area contributed by atoms with Gasteiger partial charge in [-0.3, -0.25) is 14.4 Å². The first kappa shape index (κ1) is 28.0. The number of rotatable bonds is 14. The van der Waals surface area contributed by atoms with Crippen molar-refractivity contribution in [3.63, 3.8) is 0 Å². The van der Waals surface area contributed by atoms with E-state index in [4.69, 9.17) is 25.8 Å². The van der Waals surface area contributed by atoms with Crippen molar-refractivity contribution in [2.75, 3.05) is 33.1 Å². The maximum absolute atomic E-state index is 13.0. The van der Waals surface area contributed by atoms with Crippen molar-refractivity contribution >= 4 is 29.3 Å². The van der Waals surface area contributed by atoms with Crippen LogP contribution in [0.4, 0.5) is 0 Å². The second kappa shape index (κ2) is 14.9. The Morgan fingerprint density at radius 1 is 1.21 bits per heavy atom. The minimum atomic E-state index is -0.808. The Morgan fingerprint density at radius 3 is 2.68 bits per heavy atom. The number of carbonyl (C=O) groups excluding carboxylic acids is 3. The van der Waals surface area contributed by atoms with E-state index in [1.54, 1.807) is 31.2 Å². The molecule has 1 aromatic rings. The van der Waals surface area contributed by atoms with Gasteiger partial charge in [0.1, 0.15) is 18.9 Å². The molecule has 34 heavy (non-hydrogen) atoms. The van der Waals surface area contributed by atoms with E-state index in [9.17, 15) is 14.4 Å². The second-order valence-corrected chi connectivity index (χ2v) is 8.45. The maximum atomic E-state index is 13.0. The fourth-order valence-corrected chi connectivity index (χ4v) is 3.79. The zero-order valence-corrected chi connectivity index (χ0v) is 20.9. The van der Waals surface area contributed by atoms with Gasteiger partial charge in [-0.2, -0.15) is 0 Å². The Balaban J connectivity index is 1.91. The summed E-state index contributed by atoms with van der Waals surface area (Å²) in [6, 6.07) is 5.20. The minimum Gasteiger partial charge on any atom is -0.356 e. The van der Waals surface area contributed by atoms with Crippen LogP contribution in [0.2, 0.25) is 5.02 Å². The second-order valence-electron chi connectivity index (χ2n) is 8.04. The summed E-state index contributed by atoms with van der Waals surface area (Å²) in [6.07, 6.45) is 2.47. The molecule has 3 amide bonds. The summed E-state index contributed by atoms with van der Waals surface area (Å²) in [5, 5.41) is 5.82. The predicted octanol–water partition coefficient (Wildman–Crippen LogP) is 2.72. The highest BCUT2D eigenvalue weighted by molar-refractivity contribution is 6.33. The number of carbonyl (C=O) groups is 3. The lowest BCUT2D eigenvalue weighted by Crippen LogP contribution is -2.53. The Labute approximate surface area is 206 Å². The number of hydrogen-bond acceptors (Lipinski definition) is 6. The topological polar surface area (TPSA) is 106 Å². The summed E-state index contributed by atoms with van der Waals surface area (Å²) in [7, 11) is 0. The Hall–Kier alpha value is -2.20. The zero-order valence-electron chi connectivity index (χ0n) is 20.2. The average Bonchev–Trinajstić information content (AvgIpc) is 3.32. The van der Waals surface area contributed by atoms with Crippen LogP contribution in [0, 0.1) is 0 Å². The number of likely N-dealkylation sites (tertiary alicyclic amines) is 1. The number of nitrogens with zero attached hydrogens (tertiary/aromatic N) is 1. The summed E-state index contributed by atoms with van der Waals surface area (Å²) in [4.78, 5) is 39.9.